The fraction of sp³-hybridized carbons (Fsp3) is 0.435. The summed E-state index contributed by atoms with van der Waals surface area (Å²) in [4.78, 5) is 33.4. The van der Waals surface area contributed by atoms with Crippen molar-refractivity contribution >= 4 is 11.8 Å². The molecule has 3 heterocycles. The van der Waals surface area contributed by atoms with Gasteiger partial charge in [0.05, 0.1) is 7.11 Å². The lowest BCUT2D eigenvalue weighted by molar-refractivity contribution is -0.139. The fourth-order valence-corrected chi connectivity index (χ4v) is 4.48. The summed E-state index contributed by atoms with van der Waals surface area (Å²) in [5.41, 5.74) is 1.89. The van der Waals surface area contributed by atoms with Crippen molar-refractivity contribution < 1.29 is 14.3 Å². The van der Waals surface area contributed by atoms with Gasteiger partial charge in [0.25, 0.3) is 5.91 Å². The van der Waals surface area contributed by atoms with E-state index in [0.717, 1.165) is 44.5 Å². The quantitative estimate of drug-likeness (QED) is 0.801. The zero-order valence-electron chi connectivity index (χ0n) is 16.8. The summed E-state index contributed by atoms with van der Waals surface area (Å²) in [6, 6.07) is 13.6. The van der Waals surface area contributed by atoms with E-state index in [4.69, 9.17) is 4.74 Å². The zero-order valence-corrected chi connectivity index (χ0v) is 16.8. The van der Waals surface area contributed by atoms with Crippen LogP contribution in [-0.4, -0.2) is 53.3 Å². The lowest BCUT2D eigenvalue weighted by Crippen LogP contribution is -2.52. The predicted octanol–water partition coefficient (Wildman–Crippen LogP) is 3.14. The third-order valence-corrected chi connectivity index (χ3v) is 6.27. The first kappa shape index (κ1) is 19.4. The van der Waals surface area contributed by atoms with E-state index >= 15 is 0 Å². The van der Waals surface area contributed by atoms with Gasteiger partial charge in [0.2, 0.25) is 11.8 Å². The van der Waals surface area contributed by atoms with Crippen molar-refractivity contribution in [1.29, 1.82) is 0 Å². The summed E-state index contributed by atoms with van der Waals surface area (Å²) in [7, 11) is 1.55. The molecule has 1 aromatic heterocycles. The molecule has 2 saturated heterocycles. The minimum atomic E-state index is 0.0218. The highest BCUT2D eigenvalue weighted by molar-refractivity contribution is 5.94. The minimum absolute atomic E-state index is 0.0218. The number of carbonyl (C=O) groups excluding carboxylic acids is 2. The van der Waals surface area contributed by atoms with Crippen molar-refractivity contribution in [2.45, 2.75) is 32.2 Å². The van der Waals surface area contributed by atoms with Crippen LogP contribution in [0.15, 0.2) is 48.7 Å². The number of likely N-dealkylation sites (tertiary alicyclic amines) is 2. The molecule has 152 valence electrons. The van der Waals surface area contributed by atoms with E-state index in [1.54, 1.807) is 25.4 Å². The summed E-state index contributed by atoms with van der Waals surface area (Å²) in [5.74, 6) is 0.710. The second-order valence-corrected chi connectivity index (χ2v) is 8.11. The largest absolute Gasteiger partial charge is 0.481 e. The molecule has 0 bridgehead atoms. The summed E-state index contributed by atoms with van der Waals surface area (Å²) < 4.78 is 5.13. The Bertz CT molecular complexity index is 876. The minimum Gasteiger partial charge on any atom is -0.481 e. The molecule has 0 atom stereocenters. The molecular weight excluding hydrogens is 366 g/mol. The van der Waals surface area contributed by atoms with Gasteiger partial charge >= 0.3 is 0 Å². The Labute approximate surface area is 171 Å². The molecule has 0 saturated carbocycles. The molecule has 6 nitrogen and oxygen atoms in total. The Morgan fingerprint density at radius 1 is 1.14 bits per heavy atom. The van der Waals surface area contributed by atoms with Crippen LogP contribution in [0.25, 0.3) is 0 Å². The molecule has 0 radical (unpaired) electrons. The monoisotopic (exact) mass is 393 g/mol. The number of rotatable bonds is 4. The summed E-state index contributed by atoms with van der Waals surface area (Å²) in [6.45, 7) is 2.89. The number of pyridine rings is 1. The first-order valence-electron chi connectivity index (χ1n) is 10.2. The van der Waals surface area contributed by atoms with Gasteiger partial charge in [0.15, 0.2) is 0 Å². The molecule has 4 rings (SSSR count). The highest BCUT2D eigenvalue weighted by Gasteiger charge is 2.41. The first-order chi connectivity index (χ1) is 14.1. The Balaban J connectivity index is 1.40. The van der Waals surface area contributed by atoms with Gasteiger partial charge in [-0.3, -0.25) is 9.59 Å². The molecule has 1 aromatic carbocycles. The van der Waals surface area contributed by atoms with Gasteiger partial charge in [-0.25, -0.2) is 4.98 Å². The lowest BCUT2D eigenvalue weighted by Gasteiger charge is -2.47. The number of benzene rings is 1. The topological polar surface area (TPSA) is 62.7 Å². The van der Waals surface area contributed by atoms with Gasteiger partial charge in [-0.05, 0) is 36.3 Å². The number of ether oxygens (including phenoxy) is 1. The molecule has 2 aromatic rings. The van der Waals surface area contributed by atoms with Crippen LogP contribution >= 0.6 is 0 Å². The van der Waals surface area contributed by atoms with E-state index in [2.05, 4.69) is 17.1 Å². The molecule has 29 heavy (non-hydrogen) atoms. The highest BCUT2D eigenvalue weighted by Crippen LogP contribution is 2.40. The molecule has 0 N–H and O–H groups in total. The van der Waals surface area contributed by atoms with Crippen LogP contribution in [0.2, 0.25) is 0 Å². The van der Waals surface area contributed by atoms with E-state index in [0.29, 0.717) is 24.4 Å². The molecule has 0 aliphatic carbocycles. The second-order valence-electron chi connectivity index (χ2n) is 8.11. The van der Waals surface area contributed by atoms with Crippen molar-refractivity contribution in [2.75, 3.05) is 26.7 Å². The summed E-state index contributed by atoms with van der Waals surface area (Å²) >= 11 is 0. The molecule has 1 spiro atoms. The van der Waals surface area contributed by atoms with Crippen LogP contribution in [0.1, 0.15) is 41.6 Å². The number of aromatic nitrogens is 1. The van der Waals surface area contributed by atoms with Gasteiger partial charge in [-0.2, -0.15) is 0 Å². The number of hydrogen-bond donors (Lipinski definition) is 0. The maximum absolute atomic E-state index is 12.9. The number of methoxy groups -OCH3 is 1. The molecule has 2 fully saturated rings. The molecule has 0 unspecified atom stereocenters. The van der Waals surface area contributed by atoms with E-state index in [9.17, 15) is 9.59 Å². The Morgan fingerprint density at radius 3 is 2.62 bits per heavy atom. The molecule has 2 aliphatic rings. The average molecular weight is 393 g/mol. The maximum Gasteiger partial charge on any atom is 0.254 e. The van der Waals surface area contributed by atoms with E-state index < -0.39 is 0 Å². The van der Waals surface area contributed by atoms with Gasteiger partial charge in [0, 0.05) is 50.4 Å². The van der Waals surface area contributed by atoms with Gasteiger partial charge < -0.3 is 14.5 Å². The van der Waals surface area contributed by atoms with Gasteiger partial charge in [0.1, 0.15) is 0 Å². The van der Waals surface area contributed by atoms with Gasteiger partial charge in [-0.1, -0.05) is 30.3 Å². The van der Waals surface area contributed by atoms with E-state index in [1.165, 1.54) is 0 Å². The summed E-state index contributed by atoms with van der Waals surface area (Å²) in [6.07, 6.45) is 4.98. The third-order valence-electron chi connectivity index (χ3n) is 6.27. The van der Waals surface area contributed by atoms with Crippen LogP contribution in [0.3, 0.4) is 0 Å². The smallest absolute Gasteiger partial charge is 0.254 e. The van der Waals surface area contributed by atoms with Crippen molar-refractivity contribution in [3.05, 3.63) is 59.8 Å². The molecule has 2 aliphatic heterocycles. The van der Waals surface area contributed by atoms with Crippen LogP contribution in [-0.2, 0) is 11.3 Å². The van der Waals surface area contributed by atoms with Gasteiger partial charge in [-0.15, -0.1) is 0 Å². The number of nitrogens with zero attached hydrogens (tertiary/aromatic N) is 3. The molecule has 6 heteroatoms. The van der Waals surface area contributed by atoms with Crippen molar-refractivity contribution in [3.63, 3.8) is 0 Å². The Hall–Kier alpha value is -2.89. The van der Waals surface area contributed by atoms with E-state index in [1.807, 2.05) is 28.0 Å². The second kappa shape index (κ2) is 8.23. The number of amides is 2. The van der Waals surface area contributed by atoms with Crippen LogP contribution in [0, 0.1) is 5.41 Å². The normalized spacial score (nSPS) is 18.7. The SMILES string of the molecule is COc1cc(C(=O)N2CCC3(CCC(=O)N(Cc4ccccc4)C3)CC2)ccn1. The van der Waals surface area contributed by atoms with Crippen molar-refractivity contribution in [2.24, 2.45) is 5.41 Å². The fourth-order valence-electron chi connectivity index (χ4n) is 4.48. The third kappa shape index (κ3) is 4.26. The Morgan fingerprint density at radius 2 is 1.90 bits per heavy atom. The predicted molar refractivity (Wildman–Crippen MR) is 109 cm³/mol. The zero-order chi connectivity index (χ0) is 20.3. The summed E-state index contributed by atoms with van der Waals surface area (Å²) in [5, 5.41) is 0. The number of carbonyl (C=O) groups is 2. The van der Waals surface area contributed by atoms with Crippen molar-refractivity contribution in [1.82, 2.24) is 14.8 Å². The van der Waals surface area contributed by atoms with E-state index in [-0.39, 0.29) is 17.2 Å². The van der Waals surface area contributed by atoms with Crippen LogP contribution < -0.4 is 4.74 Å². The average Bonchev–Trinajstić information content (AvgIpc) is 2.77. The number of piperidine rings is 2. The Kier molecular flexibility index (Phi) is 5.51. The van der Waals surface area contributed by atoms with Crippen LogP contribution in [0.5, 0.6) is 5.88 Å². The number of hydrogen-bond acceptors (Lipinski definition) is 4. The highest BCUT2D eigenvalue weighted by atomic mass is 16.5. The molecular formula is C23H27N3O3. The molecule has 2 amide bonds. The lowest BCUT2D eigenvalue weighted by atomic mass is 9.72. The first-order valence-corrected chi connectivity index (χ1v) is 10.2. The van der Waals surface area contributed by atoms with Crippen molar-refractivity contribution in [3.8, 4) is 5.88 Å². The maximum atomic E-state index is 12.9. The van der Waals surface area contributed by atoms with Crippen LogP contribution in [0.4, 0.5) is 0 Å². The standard InChI is InChI=1S/C23H27N3O3/c1-29-20-15-19(8-12-24-20)22(28)25-13-10-23(11-14-25)9-7-21(27)26(17-23)16-18-5-3-2-4-6-18/h2-6,8,12,15H,7,9-11,13-14,16-17H2,1H3.